The van der Waals surface area contributed by atoms with Gasteiger partial charge in [-0.25, -0.2) is 13.4 Å². The molecule has 0 spiro atoms. The van der Waals surface area contributed by atoms with Gasteiger partial charge in [-0.15, -0.1) is 0 Å². The Hall–Kier alpha value is -4.41. The summed E-state index contributed by atoms with van der Waals surface area (Å²) < 4.78 is 27.8. The number of nitrogens with zero attached hydrogens (tertiary/aromatic N) is 3. The van der Waals surface area contributed by atoms with Crippen LogP contribution < -0.4 is 21.3 Å². The van der Waals surface area contributed by atoms with Crippen LogP contribution in [0.2, 0.25) is 5.02 Å². The van der Waals surface area contributed by atoms with Crippen LogP contribution in [0.3, 0.4) is 0 Å². The fraction of sp³-hybridized carbons (Fsp3) is 0.138. The number of benzene rings is 3. The summed E-state index contributed by atoms with van der Waals surface area (Å²) in [5.74, 6) is 0.491. The number of nitrogens with two attached hydrogens (primary N) is 1. The predicted molar refractivity (Wildman–Crippen MR) is 162 cm³/mol. The fourth-order valence-electron chi connectivity index (χ4n) is 4.67. The van der Waals surface area contributed by atoms with Gasteiger partial charge in [0, 0.05) is 28.8 Å². The third-order valence-electron chi connectivity index (χ3n) is 6.47. The SMILES string of the molecule is Cc1ccc(NS(C)(=O)=O)cc1-c1cnc(N)nc1N[C@@H](C)c1cc2cccc(Cl)c2c(=O)n1-c1ccccc1. The van der Waals surface area contributed by atoms with E-state index in [1.807, 2.05) is 68.4 Å². The van der Waals surface area contributed by atoms with E-state index in [0.717, 1.165) is 11.8 Å². The molecular weight excluding hydrogens is 548 g/mol. The van der Waals surface area contributed by atoms with Crippen molar-refractivity contribution in [2.45, 2.75) is 19.9 Å². The van der Waals surface area contributed by atoms with E-state index >= 15 is 0 Å². The molecule has 204 valence electrons. The van der Waals surface area contributed by atoms with Crippen LogP contribution in [0.1, 0.15) is 24.2 Å². The molecule has 40 heavy (non-hydrogen) atoms. The molecule has 5 aromatic rings. The third-order valence-corrected chi connectivity index (χ3v) is 7.40. The largest absolute Gasteiger partial charge is 0.368 e. The molecular formula is C29H27ClN6O3S. The van der Waals surface area contributed by atoms with Crippen LogP contribution in [0.25, 0.3) is 27.6 Å². The summed E-state index contributed by atoms with van der Waals surface area (Å²) in [7, 11) is -3.48. The first-order chi connectivity index (χ1) is 19.0. The van der Waals surface area contributed by atoms with Gasteiger partial charge in [-0.3, -0.25) is 14.1 Å². The smallest absolute Gasteiger partial charge is 0.264 e. The number of sulfonamides is 1. The maximum atomic E-state index is 13.8. The molecule has 2 aromatic heterocycles. The van der Waals surface area contributed by atoms with E-state index in [1.165, 1.54) is 0 Å². The maximum Gasteiger partial charge on any atom is 0.264 e. The fourth-order valence-corrected chi connectivity index (χ4v) is 5.49. The van der Waals surface area contributed by atoms with Crippen LogP contribution in [0.15, 0.2) is 83.8 Å². The van der Waals surface area contributed by atoms with Crippen molar-refractivity contribution in [2.75, 3.05) is 22.0 Å². The molecule has 0 fully saturated rings. The number of rotatable bonds is 7. The van der Waals surface area contributed by atoms with Crippen molar-refractivity contribution in [1.82, 2.24) is 14.5 Å². The van der Waals surface area contributed by atoms with Crippen LogP contribution in [0.5, 0.6) is 0 Å². The average Bonchev–Trinajstić information content (AvgIpc) is 2.89. The van der Waals surface area contributed by atoms with E-state index in [1.54, 1.807) is 29.0 Å². The van der Waals surface area contributed by atoms with Crippen molar-refractivity contribution in [2.24, 2.45) is 0 Å². The van der Waals surface area contributed by atoms with Gasteiger partial charge in [0.25, 0.3) is 5.56 Å². The van der Waals surface area contributed by atoms with E-state index in [9.17, 15) is 13.2 Å². The van der Waals surface area contributed by atoms with Gasteiger partial charge < -0.3 is 11.1 Å². The molecule has 0 unspecified atom stereocenters. The second-order valence-corrected chi connectivity index (χ2v) is 11.7. The molecule has 0 amide bonds. The summed E-state index contributed by atoms with van der Waals surface area (Å²) in [6.07, 6.45) is 2.69. The lowest BCUT2D eigenvalue weighted by molar-refractivity contribution is 0.607. The quantitative estimate of drug-likeness (QED) is 0.232. The van der Waals surface area contributed by atoms with Crippen molar-refractivity contribution in [3.63, 3.8) is 0 Å². The minimum Gasteiger partial charge on any atom is -0.368 e. The number of anilines is 3. The Labute approximate surface area is 236 Å². The Balaban J connectivity index is 1.65. The molecule has 1 atom stereocenters. The van der Waals surface area contributed by atoms with Gasteiger partial charge >= 0.3 is 0 Å². The van der Waals surface area contributed by atoms with E-state index < -0.39 is 16.1 Å². The highest BCUT2D eigenvalue weighted by molar-refractivity contribution is 7.92. The van der Waals surface area contributed by atoms with Gasteiger partial charge in [0.05, 0.1) is 22.7 Å². The Morgan fingerprint density at radius 3 is 2.48 bits per heavy atom. The molecule has 11 heteroatoms. The summed E-state index contributed by atoms with van der Waals surface area (Å²) in [4.78, 5) is 22.5. The first-order valence-corrected chi connectivity index (χ1v) is 14.7. The number of aromatic nitrogens is 3. The van der Waals surface area contributed by atoms with Gasteiger partial charge in [-0.2, -0.15) is 4.98 Å². The molecule has 0 aliphatic rings. The Morgan fingerprint density at radius 2 is 1.75 bits per heavy atom. The van der Waals surface area contributed by atoms with Gasteiger partial charge in [-0.05, 0) is 66.8 Å². The second-order valence-electron chi connectivity index (χ2n) is 9.51. The summed E-state index contributed by atoms with van der Waals surface area (Å²) in [5.41, 5.74) is 9.73. The summed E-state index contributed by atoms with van der Waals surface area (Å²) in [6, 6.07) is 21.4. The molecule has 5 rings (SSSR count). The molecule has 0 radical (unpaired) electrons. The van der Waals surface area contributed by atoms with Gasteiger partial charge in [0.2, 0.25) is 16.0 Å². The lowest BCUT2D eigenvalue weighted by Gasteiger charge is -2.23. The molecule has 2 heterocycles. The zero-order chi connectivity index (χ0) is 28.6. The number of para-hydroxylation sites is 1. The third kappa shape index (κ3) is 5.49. The van der Waals surface area contributed by atoms with Gasteiger partial charge in [0.15, 0.2) is 0 Å². The normalized spacial score (nSPS) is 12.3. The lowest BCUT2D eigenvalue weighted by atomic mass is 10.0. The van der Waals surface area contributed by atoms with Gasteiger partial charge in [-0.1, -0.05) is 48.0 Å². The minimum atomic E-state index is -3.48. The van der Waals surface area contributed by atoms with Crippen molar-refractivity contribution < 1.29 is 8.42 Å². The summed E-state index contributed by atoms with van der Waals surface area (Å²) in [6.45, 7) is 3.82. The topological polar surface area (TPSA) is 132 Å². The Kier molecular flexibility index (Phi) is 7.22. The van der Waals surface area contributed by atoms with Crippen molar-refractivity contribution in [3.05, 3.63) is 106 Å². The van der Waals surface area contributed by atoms with Crippen molar-refractivity contribution >= 4 is 49.9 Å². The predicted octanol–water partition coefficient (Wildman–Crippen LogP) is 5.54. The molecule has 3 aromatic carbocycles. The molecule has 0 aliphatic heterocycles. The zero-order valence-electron chi connectivity index (χ0n) is 22.0. The average molecular weight is 575 g/mol. The lowest BCUT2D eigenvalue weighted by Crippen LogP contribution is -2.26. The van der Waals surface area contributed by atoms with Crippen molar-refractivity contribution in [3.8, 4) is 16.8 Å². The number of fused-ring (bicyclic) bond motifs is 1. The molecule has 0 aliphatic carbocycles. The summed E-state index contributed by atoms with van der Waals surface area (Å²) >= 11 is 6.45. The van der Waals surface area contributed by atoms with Crippen LogP contribution in [-0.4, -0.2) is 29.2 Å². The highest BCUT2D eigenvalue weighted by Gasteiger charge is 2.20. The number of halogens is 1. The highest BCUT2D eigenvalue weighted by atomic mass is 35.5. The second kappa shape index (κ2) is 10.6. The molecule has 0 saturated carbocycles. The Bertz CT molecular complexity index is 1910. The standard InChI is InChI=1S/C29H27ClN6O3S/c1-17-12-13-20(35-40(3,38)39)15-22(17)23-16-32-29(31)34-27(23)33-18(2)25-14-19-8-7-11-24(30)26(19)28(37)36(25)21-9-5-4-6-10-21/h4-16,18,35H,1-3H3,(H3,31,32,33,34)/t18-/m0/s1. The summed E-state index contributed by atoms with van der Waals surface area (Å²) in [5, 5.41) is 4.94. The number of aryl methyl sites for hydroxylation is 1. The Morgan fingerprint density at radius 1 is 1.00 bits per heavy atom. The number of hydrogen-bond acceptors (Lipinski definition) is 7. The molecule has 0 bridgehead atoms. The van der Waals surface area contributed by atoms with Crippen LogP contribution >= 0.6 is 11.6 Å². The van der Waals surface area contributed by atoms with Crippen molar-refractivity contribution in [1.29, 1.82) is 0 Å². The monoisotopic (exact) mass is 574 g/mol. The van der Waals surface area contributed by atoms with Crippen LogP contribution in [-0.2, 0) is 10.0 Å². The van der Waals surface area contributed by atoms with Crippen LogP contribution in [0.4, 0.5) is 17.5 Å². The number of nitrogen functional groups attached to an aromatic ring is 1. The highest BCUT2D eigenvalue weighted by Crippen LogP contribution is 2.34. The van der Waals surface area contributed by atoms with E-state index in [-0.39, 0.29) is 11.5 Å². The number of pyridine rings is 1. The van der Waals surface area contributed by atoms with E-state index in [4.69, 9.17) is 17.3 Å². The number of hydrogen-bond donors (Lipinski definition) is 3. The van der Waals surface area contributed by atoms with Gasteiger partial charge in [0.1, 0.15) is 5.82 Å². The maximum absolute atomic E-state index is 13.8. The minimum absolute atomic E-state index is 0.0623. The zero-order valence-corrected chi connectivity index (χ0v) is 23.6. The van der Waals surface area contributed by atoms with Crippen LogP contribution in [0, 0.1) is 6.92 Å². The van der Waals surface area contributed by atoms with E-state index in [2.05, 4.69) is 20.0 Å². The van der Waals surface area contributed by atoms with E-state index in [0.29, 0.717) is 49.8 Å². The molecule has 9 nitrogen and oxygen atoms in total. The molecule has 0 saturated heterocycles. The molecule has 4 N–H and O–H groups in total. The number of nitrogens with one attached hydrogen (secondary N) is 2. The first kappa shape index (κ1) is 27.2. The first-order valence-electron chi connectivity index (χ1n) is 12.4.